The number of hydrogen-bond acceptors (Lipinski definition) is 6. The predicted octanol–water partition coefficient (Wildman–Crippen LogP) is 4.82. The molecule has 1 heterocycles. The number of nitrogens with zero attached hydrogens (tertiary/aromatic N) is 2. The van der Waals surface area contributed by atoms with Crippen molar-refractivity contribution in [3.05, 3.63) is 70.7 Å². The first kappa shape index (κ1) is 20.6. The summed E-state index contributed by atoms with van der Waals surface area (Å²) in [5, 5.41) is 16.0. The minimum absolute atomic E-state index is 0.0498. The Balaban J connectivity index is 1.40. The number of nitrogens with one attached hydrogen (secondary N) is 2. The zero-order valence-corrected chi connectivity index (χ0v) is 17.8. The van der Waals surface area contributed by atoms with Gasteiger partial charge in [0.1, 0.15) is 0 Å². The monoisotopic (exact) mass is 432 g/mol. The summed E-state index contributed by atoms with van der Waals surface area (Å²) in [4.78, 5) is 12.2. The molecule has 2 aromatic carbocycles. The molecule has 1 atom stereocenters. The number of aromatic nitrogens is 2. The van der Waals surface area contributed by atoms with Gasteiger partial charge in [-0.15, -0.1) is 10.2 Å². The molecule has 1 amide bonds. The van der Waals surface area contributed by atoms with Crippen molar-refractivity contribution in [3.63, 3.8) is 0 Å². The molecule has 0 aliphatic carbocycles. The highest BCUT2D eigenvalue weighted by atomic mass is 35.5. The van der Waals surface area contributed by atoms with E-state index < -0.39 is 0 Å². The van der Waals surface area contributed by atoms with Gasteiger partial charge in [-0.2, -0.15) is 0 Å². The predicted molar refractivity (Wildman–Crippen MR) is 117 cm³/mol. The minimum atomic E-state index is -0.101. The number of hydrogen-bond donors (Lipinski definition) is 2. The largest absolute Gasteiger partial charge is 0.360 e. The number of halogens is 1. The molecule has 0 saturated carbocycles. The average Bonchev–Trinajstić information content (AvgIpc) is 3.15. The van der Waals surface area contributed by atoms with Crippen LogP contribution in [0.1, 0.15) is 24.1 Å². The number of benzene rings is 2. The van der Waals surface area contributed by atoms with Crippen LogP contribution in [-0.2, 0) is 11.2 Å². The highest BCUT2D eigenvalue weighted by Crippen LogP contribution is 2.25. The van der Waals surface area contributed by atoms with Crippen molar-refractivity contribution in [2.75, 3.05) is 17.6 Å². The molecule has 0 aliphatic rings. The number of rotatable bonds is 9. The third-order valence-corrected chi connectivity index (χ3v) is 6.24. The number of carbonyl (C=O) groups excluding carboxylic acids is 1. The van der Waals surface area contributed by atoms with Gasteiger partial charge < -0.3 is 10.6 Å². The van der Waals surface area contributed by atoms with Crippen LogP contribution in [0, 0.1) is 0 Å². The van der Waals surface area contributed by atoms with Crippen LogP contribution in [0.2, 0.25) is 5.02 Å². The second-order valence-electron chi connectivity index (χ2n) is 6.17. The van der Waals surface area contributed by atoms with Gasteiger partial charge in [0, 0.05) is 11.6 Å². The second-order valence-corrected chi connectivity index (χ2v) is 8.80. The maximum absolute atomic E-state index is 12.2. The van der Waals surface area contributed by atoms with Crippen molar-refractivity contribution < 1.29 is 4.79 Å². The van der Waals surface area contributed by atoms with Crippen LogP contribution in [0.5, 0.6) is 0 Å². The number of carbonyl (C=O) groups is 1. The Bertz CT molecular complexity index is 904. The van der Waals surface area contributed by atoms with Crippen molar-refractivity contribution in [1.82, 2.24) is 15.5 Å². The molecular weight excluding hydrogens is 412 g/mol. The summed E-state index contributed by atoms with van der Waals surface area (Å²) in [5.41, 5.74) is 2.26. The van der Waals surface area contributed by atoms with Crippen LogP contribution in [0.15, 0.2) is 58.9 Å². The normalized spacial score (nSPS) is 11.8. The summed E-state index contributed by atoms with van der Waals surface area (Å²) in [6.45, 7) is 2.73. The second kappa shape index (κ2) is 10.5. The van der Waals surface area contributed by atoms with E-state index in [2.05, 4.69) is 33.0 Å². The molecule has 1 aromatic heterocycles. The molecule has 2 N–H and O–H groups in total. The van der Waals surface area contributed by atoms with Crippen LogP contribution < -0.4 is 10.6 Å². The molecule has 0 fully saturated rings. The summed E-state index contributed by atoms with van der Waals surface area (Å²) in [7, 11) is 0. The number of amides is 1. The lowest BCUT2D eigenvalue weighted by Gasteiger charge is -2.14. The minimum Gasteiger partial charge on any atom is -0.360 e. The molecule has 0 spiro atoms. The summed E-state index contributed by atoms with van der Waals surface area (Å²) < 4.78 is 0.771. The van der Waals surface area contributed by atoms with Crippen molar-refractivity contribution in [2.45, 2.75) is 23.7 Å². The van der Waals surface area contributed by atoms with Gasteiger partial charge >= 0.3 is 0 Å². The SMILES string of the molecule is CC(NC(=O)CSc1nnc(NCCc2ccccc2)s1)c1cccc(Cl)c1. The molecule has 0 bridgehead atoms. The molecule has 146 valence electrons. The maximum atomic E-state index is 12.2. The first-order valence-corrected chi connectivity index (χ1v) is 11.1. The van der Waals surface area contributed by atoms with E-state index in [4.69, 9.17) is 11.6 Å². The fourth-order valence-corrected chi connectivity index (χ4v) is 4.36. The highest BCUT2D eigenvalue weighted by Gasteiger charge is 2.12. The Labute approximate surface area is 177 Å². The number of anilines is 1. The summed E-state index contributed by atoms with van der Waals surface area (Å²) >= 11 is 8.85. The zero-order chi connectivity index (χ0) is 19.8. The lowest BCUT2D eigenvalue weighted by molar-refractivity contribution is -0.119. The van der Waals surface area contributed by atoms with E-state index in [0.29, 0.717) is 10.8 Å². The summed E-state index contributed by atoms with van der Waals surface area (Å²) in [6.07, 6.45) is 0.923. The molecule has 28 heavy (non-hydrogen) atoms. The Kier molecular flexibility index (Phi) is 7.71. The van der Waals surface area contributed by atoms with E-state index in [1.165, 1.54) is 28.7 Å². The van der Waals surface area contributed by atoms with Crippen LogP contribution in [0.3, 0.4) is 0 Å². The average molecular weight is 433 g/mol. The molecule has 0 aliphatic heterocycles. The molecule has 8 heteroatoms. The highest BCUT2D eigenvalue weighted by molar-refractivity contribution is 8.01. The standard InChI is InChI=1S/C20H21ClN4OS2/c1-14(16-8-5-9-17(21)12-16)23-18(26)13-27-20-25-24-19(28-20)22-11-10-15-6-3-2-4-7-15/h2-9,12,14H,10-11,13H2,1H3,(H,22,24)(H,23,26). The fourth-order valence-electron chi connectivity index (χ4n) is 2.57. The lowest BCUT2D eigenvalue weighted by Crippen LogP contribution is -2.28. The maximum Gasteiger partial charge on any atom is 0.230 e. The molecule has 1 unspecified atom stereocenters. The first-order chi connectivity index (χ1) is 13.6. The lowest BCUT2D eigenvalue weighted by atomic mass is 10.1. The molecule has 3 aromatic rings. The Morgan fingerprint density at radius 3 is 2.79 bits per heavy atom. The van der Waals surface area contributed by atoms with Crippen molar-refractivity contribution in [1.29, 1.82) is 0 Å². The summed E-state index contributed by atoms with van der Waals surface area (Å²) in [5.74, 6) is 0.245. The van der Waals surface area contributed by atoms with Crippen molar-refractivity contribution in [3.8, 4) is 0 Å². The first-order valence-electron chi connectivity index (χ1n) is 8.89. The molecular formula is C20H21ClN4OS2. The molecule has 5 nitrogen and oxygen atoms in total. The quantitative estimate of drug-likeness (QED) is 0.474. The van der Waals surface area contributed by atoms with Crippen LogP contribution in [0.4, 0.5) is 5.13 Å². The topological polar surface area (TPSA) is 66.9 Å². The van der Waals surface area contributed by atoms with E-state index >= 15 is 0 Å². The van der Waals surface area contributed by atoms with Crippen LogP contribution >= 0.6 is 34.7 Å². The zero-order valence-electron chi connectivity index (χ0n) is 15.4. The number of thioether (sulfide) groups is 1. The van der Waals surface area contributed by atoms with E-state index in [1.807, 2.05) is 49.4 Å². The van der Waals surface area contributed by atoms with E-state index in [-0.39, 0.29) is 11.9 Å². The fraction of sp³-hybridized carbons (Fsp3) is 0.250. The van der Waals surface area contributed by atoms with E-state index in [1.54, 1.807) is 0 Å². The summed E-state index contributed by atoms with van der Waals surface area (Å²) in [6, 6.07) is 17.7. The van der Waals surface area contributed by atoms with Crippen LogP contribution in [0.25, 0.3) is 0 Å². The van der Waals surface area contributed by atoms with Crippen LogP contribution in [-0.4, -0.2) is 28.4 Å². The van der Waals surface area contributed by atoms with Gasteiger partial charge in [-0.25, -0.2) is 0 Å². The van der Waals surface area contributed by atoms with E-state index in [9.17, 15) is 4.79 Å². The van der Waals surface area contributed by atoms with Gasteiger partial charge in [0.15, 0.2) is 4.34 Å². The smallest absolute Gasteiger partial charge is 0.230 e. The van der Waals surface area contributed by atoms with Gasteiger partial charge in [-0.3, -0.25) is 4.79 Å². The van der Waals surface area contributed by atoms with Crippen molar-refractivity contribution in [2.24, 2.45) is 0 Å². The molecule has 3 rings (SSSR count). The molecule has 0 radical (unpaired) electrons. The van der Waals surface area contributed by atoms with Gasteiger partial charge in [-0.1, -0.05) is 77.2 Å². The Hall–Kier alpha value is -2.09. The molecule has 0 saturated heterocycles. The van der Waals surface area contributed by atoms with Gasteiger partial charge in [0.2, 0.25) is 11.0 Å². The Morgan fingerprint density at radius 1 is 1.18 bits per heavy atom. The third-order valence-electron chi connectivity index (χ3n) is 3.99. The van der Waals surface area contributed by atoms with Crippen molar-refractivity contribution >= 4 is 45.7 Å². The van der Waals surface area contributed by atoms with Gasteiger partial charge in [0.25, 0.3) is 0 Å². The Morgan fingerprint density at radius 2 is 2.00 bits per heavy atom. The van der Waals surface area contributed by atoms with Gasteiger partial charge in [-0.05, 0) is 36.6 Å². The van der Waals surface area contributed by atoms with Gasteiger partial charge in [0.05, 0.1) is 11.8 Å². The van der Waals surface area contributed by atoms with E-state index in [0.717, 1.165) is 28.0 Å². The third kappa shape index (κ3) is 6.51.